The van der Waals surface area contributed by atoms with E-state index in [-0.39, 0.29) is 11.4 Å². The molecule has 5 rings (SSSR count). The monoisotopic (exact) mass is 450 g/mol. The summed E-state index contributed by atoms with van der Waals surface area (Å²) < 4.78 is 34.8. The van der Waals surface area contributed by atoms with Crippen LogP contribution in [0.5, 0.6) is 0 Å². The summed E-state index contributed by atoms with van der Waals surface area (Å²) in [5.41, 5.74) is 2.66. The van der Waals surface area contributed by atoms with Crippen LogP contribution < -0.4 is 9.21 Å². The predicted molar refractivity (Wildman–Crippen MR) is 120 cm³/mol. The summed E-state index contributed by atoms with van der Waals surface area (Å²) >= 11 is 0. The Morgan fingerprint density at radius 2 is 1.81 bits per heavy atom. The number of aromatic amines is 1. The number of aryl methyl sites for hydroxylation is 1. The molecule has 0 radical (unpaired) electrons. The molecule has 0 amide bonds. The topological polar surface area (TPSA) is 108 Å². The average molecular weight is 451 g/mol. The van der Waals surface area contributed by atoms with E-state index in [1.165, 1.54) is 4.31 Å². The number of nitrogens with one attached hydrogen (secondary N) is 1. The Morgan fingerprint density at radius 3 is 2.56 bits per heavy atom. The molecule has 0 fully saturated rings. The standard InChI is InChI=1S/C22H22N6O3S/c1-2-21-25-26-22(31-21)17-7-3-4-8-18(17)28-12-11-27(14-16-13-23-15-24-16)19-9-5-6-10-20(19)32(28,29)30/h3-10,13,15H,2,11-12,14H2,1H3,(H,23,24). The van der Waals surface area contributed by atoms with Gasteiger partial charge in [0.05, 0.1) is 42.0 Å². The number of nitrogens with zero attached hydrogens (tertiary/aromatic N) is 5. The quantitative estimate of drug-likeness (QED) is 0.497. The number of rotatable bonds is 5. The molecular formula is C22H22N6O3S. The van der Waals surface area contributed by atoms with E-state index in [1.54, 1.807) is 36.8 Å². The van der Waals surface area contributed by atoms with Crippen molar-refractivity contribution in [2.75, 3.05) is 22.3 Å². The summed E-state index contributed by atoms with van der Waals surface area (Å²) in [7, 11) is -3.84. The zero-order chi connectivity index (χ0) is 22.1. The second-order valence-electron chi connectivity index (χ2n) is 7.41. The number of hydrogen-bond donors (Lipinski definition) is 1. The van der Waals surface area contributed by atoms with Crippen LogP contribution in [0.1, 0.15) is 18.5 Å². The Hall–Kier alpha value is -3.66. The fourth-order valence-corrected chi connectivity index (χ4v) is 5.57. The van der Waals surface area contributed by atoms with Crippen molar-refractivity contribution < 1.29 is 12.8 Å². The van der Waals surface area contributed by atoms with Gasteiger partial charge in [0, 0.05) is 19.2 Å². The van der Waals surface area contributed by atoms with Crippen molar-refractivity contribution in [3.05, 3.63) is 72.6 Å². The average Bonchev–Trinajstić information content (AvgIpc) is 3.49. The van der Waals surface area contributed by atoms with Gasteiger partial charge in [-0.3, -0.25) is 4.31 Å². The lowest BCUT2D eigenvalue weighted by Crippen LogP contribution is -2.35. The molecule has 0 bridgehead atoms. The zero-order valence-electron chi connectivity index (χ0n) is 17.5. The van der Waals surface area contributed by atoms with Crippen LogP contribution in [0.2, 0.25) is 0 Å². The van der Waals surface area contributed by atoms with Gasteiger partial charge in [-0.05, 0) is 24.3 Å². The van der Waals surface area contributed by atoms with Gasteiger partial charge in [0.15, 0.2) is 0 Å². The minimum Gasteiger partial charge on any atom is -0.421 e. The summed E-state index contributed by atoms with van der Waals surface area (Å²) in [6.45, 7) is 3.20. The van der Waals surface area contributed by atoms with Crippen molar-refractivity contribution in [1.82, 2.24) is 20.2 Å². The van der Waals surface area contributed by atoms with E-state index in [9.17, 15) is 8.42 Å². The smallest absolute Gasteiger partial charge is 0.266 e. The molecule has 0 aliphatic carbocycles. The van der Waals surface area contributed by atoms with Crippen molar-refractivity contribution in [1.29, 1.82) is 0 Å². The maximum Gasteiger partial charge on any atom is 0.266 e. The molecule has 164 valence electrons. The zero-order valence-corrected chi connectivity index (χ0v) is 18.3. The Kier molecular flexibility index (Phi) is 5.14. The summed E-state index contributed by atoms with van der Waals surface area (Å²) in [4.78, 5) is 9.48. The number of para-hydroxylation sites is 2. The molecule has 9 nitrogen and oxygen atoms in total. The molecule has 2 aromatic heterocycles. The highest BCUT2D eigenvalue weighted by Gasteiger charge is 2.34. The summed E-state index contributed by atoms with van der Waals surface area (Å²) in [5.74, 6) is 0.809. The van der Waals surface area contributed by atoms with E-state index in [0.29, 0.717) is 48.2 Å². The summed E-state index contributed by atoms with van der Waals surface area (Å²) in [5, 5.41) is 8.17. The molecule has 32 heavy (non-hydrogen) atoms. The van der Waals surface area contributed by atoms with Gasteiger partial charge in [0.1, 0.15) is 4.90 Å². The molecule has 1 N–H and O–H groups in total. The summed E-state index contributed by atoms with van der Waals surface area (Å²) in [6, 6.07) is 14.3. The van der Waals surface area contributed by atoms with Crippen LogP contribution in [0, 0.1) is 0 Å². The Bertz CT molecular complexity index is 1330. The SMILES string of the molecule is CCc1nnc(-c2ccccc2N2CCN(Cc3cnc[nH]3)c3ccccc3S2(=O)=O)o1. The predicted octanol–water partition coefficient (Wildman–Crippen LogP) is 3.24. The number of fused-ring (bicyclic) bond motifs is 1. The van der Waals surface area contributed by atoms with Crippen LogP contribution in [-0.2, 0) is 23.0 Å². The number of benzene rings is 2. The van der Waals surface area contributed by atoms with Crippen LogP contribution in [-0.4, -0.2) is 41.7 Å². The van der Waals surface area contributed by atoms with Crippen molar-refractivity contribution in [3.8, 4) is 11.5 Å². The van der Waals surface area contributed by atoms with Crippen molar-refractivity contribution >= 4 is 21.4 Å². The van der Waals surface area contributed by atoms with Gasteiger partial charge in [-0.1, -0.05) is 31.2 Å². The van der Waals surface area contributed by atoms with E-state index in [1.807, 2.05) is 36.1 Å². The first-order valence-corrected chi connectivity index (χ1v) is 11.8. The van der Waals surface area contributed by atoms with Crippen LogP contribution >= 0.6 is 0 Å². The molecule has 10 heteroatoms. The first kappa shape index (κ1) is 20.3. The van der Waals surface area contributed by atoms with E-state index in [4.69, 9.17) is 4.42 Å². The fourth-order valence-electron chi connectivity index (χ4n) is 3.88. The third-order valence-corrected chi connectivity index (χ3v) is 7.30. The van der Waals surface area contributed by atoms with Gasteiger partial charge in [0.25, 0.3) is 10.0 Å². The van der Waals surface area contributed by atoms with Crippen molar-refractivity contribution in [3.63, 3.8) is 0 Å². The molecule has 1 aliphatic rings. The van der Waals surface area contributed by atoms with Crippen LogP contribution in [0.4, 0.5) is 11.4 Å². The molecule has 4 aromatic rings. The number of H-pyrrole nitrogens is 1. The molecule has 0 atom stereocenters. The lowest BCUT2D eigenvalue weighted by Gasteiger charge is -2.24. The molecular weight excluding hydrogens is 428 g/mol. The van der Waals surface area contributed by atoms with E-state index >= 15 is 0 Å². The number of sulfonamides is 1. The fraction of sp³-hybridized carbons (Fsp3) is 0.227. The van der Waals surface area contributed by atoms with E-state index in [0.717, 1.165) is 5.69 Å². The van der Waals surface area contributed by atoms with Gasteiger partial charge in [-0.25, -0.2) is 13.4 Å². The first-order chi connectivity index (χ1) is 15.6. The van der Waals surface area contributed by atoms with Crippen molar-refractivity contribution in [2.45, 2.75) is 24.8 Å². The highest BCUT2D eigenvalue weighted by Crippen LogP contribution is 2.38. The molecule has 0 saturated carbocycles. The molecule has 2 aromatic carbocycles. The Labute approximate surface area is 185 Å². The molecule has 0 unspecified atom stereocenters. The normalized spacial score (nSPS) is 15.4. The largest absolute Gasteiger partial charge is 0.421 e. The van der Waals surface area contributed by atoms with Gasteiger partial charge < -0.3 is 14.3 Å². The van der Waals surface area contributed by atoms with Gasteiger partial charge >= 0.3 is 0 Å². The molecule has 3 heterocycles. The van der Waals surface area contributed by atoms with Gasteiger partial charge in [0.2, 0.25) is 11.8 Å². The third kappa shape index (κ3) is 3.52. The van der Waals surface area contributed by atoms with Crippen LogP contribution in [0.3, 0.4) is 0 Å². The summed E-state index contributed by atoms with van der Waals surface area (Å²) in [6.07, 6.45) is 3.97. The molecule has 0 spiro atoms. The van der Waals surface area contributed by atoms with Gasteiger partial charge in [-0.15, -0.1) is 10.2 Å². The van der Waals surface area contributed by atoms with Crippen LogP contribution in [0.15, 0.2) is 70.4 Å². The highest BCUT2D eigenvalue weighted by molar-refractivity contribution is 7.93. The van der Waals surface area contributed by atoms with Crippen molar-refractivity contribution in [2.24, 2.45) is 0 Å². The number of imidazole rings is 1. The lowest BCUT2D eigenvalue weighted by atomic mass is 10.1. The molecule has 0 saturated heterocycles. The second kappa shape index (κ2) is 8.12. The van der Waals surface area contributed by atoms with Crippen LogP contribution in [0.25, 0.3) is 11.5 Å². The maximum absolute atomic E-state index is 13.8. The Morgan fingerprint density at radius 1 is 1.03 bits per heavy atom. The van der Waals surface area contributed by atoms with E-state index in [2.05, 4.69) is 20.2 Å². The van der Waals surface area contributed by atoms with Gasteiger partial charge in [-0.2, -0.15) is 0 Å². The first-order valence-electron chi connectivity index (χ1n) is 10.3. The maximum atomic E-state index is 13.8. The number of hydrogen-bond acceptors (Lipinski definition) is 7. The number of aromatic nitrogens is 4. The highest BCUT2D eigenvalue weighted by atomic mass is 32.2. The molecule has 1 aliphatic heterocycles. The number of anilines is 2. The van der Waals surface area contributed by atoms with E-state index < -0.39 is 10.0 Å². The second-order valence-corrected chi connectivity index (χ2v) is 9.25. The minimum absolute atomic E-state index is 0.256. The Balaban J connectivity index is 1.60. The third-order valence-electron chi connectivity index (χ3n) is 5.44. The lowest BCUT2D eigenvalue weighted by molar-refractivity contribution is 0.513. The minimum atomic E-state index is -3.84.